The van der Waals surface area contributed by atoms with Crippen molar-refractivity contribution in [2.24, 2.45) is 0 Å². The molecule has 102 valence electrons. The van der Waals surface area contributed by atoms with E-state index in [-0.39, 0.29) is 0 Å². The van der Waals surface area contributed by atoms with Gasteiger partial charge in [-0.05, 0) is 54.4 Å². The van der Waals surface area contributed by atoms with Gasteiger partial charge in [-0.25, -0.2) is 4.52 Å². The molecule has 1 aliphatic heterocycles. The summed E-state index contributed by atoms with van der Waals surface area (Å²) in [4.78, 5) is 6.96. The topological polar surface area (TPSA) is 45.5 Å². The summed E-state index contributed by atoms with van der Waals surface area (Å²) in [5.74, 6) is 0.822. The molecule has 1 atom stereocenters. The maximum Gasteiger partial charge on any atom is 0.246 e. The minimum Gasteiger partial charge on any atom is -0.336 e. The fraction of sp³-hybridized carbons (Fsp3) is 0.538. The van der Waals surface area contributed by atoms with Gasteiger partial charge in [-0.1, -0.05) is 0 Å². The molecule has 3 heterocycles. The van der Waals surface area contributed by atoms with Gasteiger partial charge in [0.2, 0.25) is 5.95 Å². The molecule has 0 saturated carbocycles. The summed E-state index contributed by atoms with van der Waals surface area (Å²) in [6.07, 6.45) is 4.36. The first-order valence-corrected chi connectivity index (χ1v) is 7.57. The zero-order valence-corrected chi connectivity index (χ0v) is 12.6. The van der Waals surface area contributed by atoms with E-state index in [1.54, 1.807) is 0 Å². The molecule has 0 radical (unpaired) electrons. The number of fused-ring (bicyclic) bond motifs is 1. The summed E-state index contributed by atoms with van der Waals surface area (Å²) in [5, 5.41) is 8.04. The van der Waals surface area contributed by atoms with E-state index in [0.717, 1.165) is 35.7 Å². The number of piperidine rings is 1. The van der Waals surface area contributed by atoms with Crippen LogP contribution in [-0.2, 0) is 0 Å². The summed E-state index contributed by atoms with van der Waals surface area (Å²) in [6.45, 7) is 5.24. The lowest BCUT2D eigenvalue weighted by molar-refractivity contribution is 0.431. The molecule has 0 aliphatic carbocycles. The van der Waals surface area contributed by atoms with Crippen molar-refractivity contribution < 1.29 is 0 Å². The van der Waals surface area contributed by atoms with Crippen LogP contribution in [0.15, 0.2) is 22.8 Å². The highest BCUT2D eigenvalue weighted by atomic mass is 79.9. The number of halogens is 1. The second-order valence-corrected chi connectivity index (χ2v) is 5.68. The third-order valence-corrected chi connectivity index (χ3v) is 4.23. The molecule has 0 aromatic carbocycles. The van der Waals surface area contributed by atoms with E-state index in [1.165, 1.54) is 12.8 Å². The Labute approximate surface area is 121 Å². The highest BCUT2D eigenvalue weighted by Gasteiger charge is 2.23. The minimum absolute atomic E-state index is 0.495. The number of rotatable bonds is 3. The highest BCUT2D eigenvalue weighted by molar-refractivity contribution is 9.10. The Morgan fingerprint density at radius 3 is 3.16 bits per heavy atom. The molecule has 1 fully saturated rings. The Morgan fingerprint density at radius 2 is 2.47 bits per heavy atom. The van der Waals surface area contributed by atoms with Gasteiger partial charge in [-0.2, -0.15) is 4.98 Å². The van der Waals surface area contributed by atoms with Crippen molar-refractivity contribution in [1.29, 1.82) is 0 Å². The van der Waals surface area contributed by atoms with Crippen LogP contribution in [0.5, 0.6) is 0 Å². The normalized spacial score (nSPS) is 19.8. The molecule has 2 aromatic rings. The van der Waals surface area contributed by atoms with Gasteiger partial charge < -0.3 is 10.2 Å². The molecular weight excluding hydrogens is 306 g/mol. The molecule has 19 heavy (non-hydrogen) atoms. The summed E-state index contributed by atoms with van der Waals surface area (Å²) in [7, 11) is 0. The number of likely N-dealkylation sites (N-methyl/N-ethyl adjacent to an activating group) is 1. The first kappa shape index (κ1) is 12.9. The first-order valence-electron chi connectivity index (χ1n) is 6.78. The molecule has 1 aliphatic rings. The number of pyridine rings is 1. The standard InChI is InChI=1S/C13H18BrN5/c1-2-18(10-5-3-7-15-9-10)13-16-12-11(14)6-4-8-19(12)17-13/h4,6,8,10,15H,2-3,5,7,9H2,1H3. The quantitative estimate of drug-likeness (QED) is 0.939. The van der Waals surface area contributed by atoms with Crippen LogP contribution in [-0.4, -0.2) is 40.3 Å². The number of hydrogen-bond donors (Lipinski definition) is 1. The molecule has 0 bridgehead atoms. The summed E-state index contributed by atoms with van der Waals surface area (Å²) in [6, 6.07) is 4.45. The van der Waals surface area contributed by atoms with Gasteiger partial charge in [-0.3, -0.25) is 0 Å². The third-order valence-electron chi connectivity index (χ3n) is 3.61. The van der Waals surface area contributed by atoms with E-state index in [9.17, 15) is 0 Å². The smallest absolute Gasteiger partial charge is 0.246 e. The average molecular weight is 324 g/mol. The van der Waals surface area contributed by atoms with Crippen LogP contribution in [0.4, 0.5) is 5.95 Å². The molecule has 0 spiro atoms. The van der Waals surface area contributed by atoms with Gasteiger partial charge in [0.05, 0.1) is 4.47 Å². The van der Waals surface area contributed by atoms with Crippen LogP contribution < -0.4 is 10.2 Å². The maximum absolute atomic E-state index is 4.66. The summed E-state index contributed by atoms with van der Waals surface area (Å²) in [5.41, 5.74) is 0.875. The van der Waals surface area contributed by atoms with E-state index < -0.39 is 0 Å². The Morgan fingerprint density at radius 1 is 1.58 bits per heavy atom. The molecule has 5 nitrogen and oxygen atoms in total. The largest absolute Gasteiger partial charge is 0.336 e. The summed E-state index contributed by atoms with van der Waals surface area (Å²) < 4.78 is 2.81. The maximum atomic E-state index is 4.66. The van der Waals surface area contributed by atoms with Crippen LogP contribution in [0.2, 0.25) is 0 Å². The van der Waals surface area contributed by atoms with E-state index in [2.05, 4.69) is 43.2 Å². The number of anilines is 1. The number of nitrogens with zero attached hydrogens (tertiary/aromatic N) is 4. The van der Waals surface area contributed by atoms with Crippen molar-refractivity contribution in [2.45, 2.75) is 25.8 Å². The van der Waals surface area contributed by atoms with Crippen molar-refractivity contribution in [2.75, 3.05) is 24.5 Å². The lowest BCUT2D eigenvalue weighted by atomic mass is 10.1. The van der Waals surface area contributed by atoms with Crippen LogP contribution in [0, 0.1) is 0 Å². The Hall–Kier alpha value is -1.14. The molecule has 6 heteroatoms. The fourth-order valence-corrected chi connectivity index (χ4v) is 3.07. The SMILES string of the molecule is CCN(c1nc2c(Br)cccn2n1)C1CCCNC1. The Balaban J connectivity index is 1.94. The van der Waals surface area contributed by atoms with Crippen molar-refractivity contribution in [1.82, 2.24) is 19.9 Å². The van der Waals surface area contributed by atoms with E-state index >= 15 is 0 Å². The zero-order valence-electron chi connectivity index (χ0n) is 11.0. The third kappa shape index (κ3) is 2.47. The Bertz CT molecular complexity index is 561. The van der Waals surface area contributed by atoms with Crippen LogP contribution in [0.3, 0.4) is 0 Å². The van der Waals surface area contributed by atoms with Crippen LogP contribution in [0.1, 0.15) is 19.8 Å². The highest BCUT2D eigenvalue weighted by Crippen LogP contribution is 2.21. The van der Waals surface area contributed by atoms with E-state index in [1.807, 2.05) is 22.8 Å². The minimum atomic E-state index is 0.495. The van der Waals surface area contributed by atoms with Gasteiger partial charge in [0.25, 0.3) is 0 Å². The molecule has 2 aromatic heterocycles. The monoisotopic (exact) mass is 323 g/mol. The van der Waals surface area contributed by atoms with Crippen molar-refractivity contribution >= 4 is 27.5 Å². The molecule has 1 saturated heterocycles. The fourth-order valence-electron chi connectivity index (χ4n) is 2.65. The van der Waals surface area contributed by atoms with Crippen molar-refractivity contribution in [3.05, 3.63) is 22.8 Å². The van der Waals surface area contributed by atoms with E-state index in [0.29, 0.717) is 6.04 Å². The van der Waals surface area contributed by atoms with Crippen molar-refractivity contribution in [3.8, 4) is 0 Å². The average Bonchev–Trinajstić information content (AvgIpc) is 2.86. The van der Waals surface area contributed by atoms with Gasteiger partial charge in [0.1, 0.15) is 0 Å². The van der Waals surface area contributed by atoms with Crippen LogP contribution >= 0.6 is 15.9 Å². The van der Waals surface area contributed by atoms with Crippen LogP contribution in [0.25, 0.3) is 5.65 Å². The number of nitrogens with one attached hydrogen (secondary N) is 1. The zero-order chi connectivity index (χ0) is 13.2. The Kier molecular flexibility index (Phi) is 3.70. The molecule has 0 amide bonds. The van der Waals surface area contributed by atoms with Gasteiger partial charge >= 0.3 is 0 Å². The molecular formula is C13H18BrN5. The molecule has 1 N–H and O–H groups in total. The van der Waals surface area contributed by atoms with Gasteiger partial charge in [0, 0.05) is 25.3 Å². The van der Waals surface area contributed by atoms with E-state index in [4.69, 9.17) is 0 Å². The second-order valence-electron chi connectivity index (χ2n) is 4.82. The first-order chi connectivity index (χ1) is 9.29. The predicted octanol–water partition coefficient (Wildman–Crippen LogP) is 2.07. The summed E-state index contributed by atoms with van der Waals surface area (Å²) >= 11 is 3.52. The van der Waals surface area contributed by atoms with Crippen molar-refractivity contribution in [3.63, 3.8) is 0 Å². The molecule has 1 unspecified atom stereocenters. The number of hydrogen-bond acceptors (Lipinski definition) is 4. The predicted molar refractivity (Wildman–Crippen MR) is 79.6 cm³/mol. The number of aromatic nitrogens is 3. The lowest BCUT2D eigenvalue weighted by Crippen LogP contribution is -2.46. The second kappa shape index (κ2) is 5.46. The van der Waals surface area contributed by atoms with Gasteiger partial charge in [-0.15, -0.1) is 5.10 Å². The van der Waals surface area contributed by atoms with Gasteiger partial charge in [0.15, 0.2) is 5.65 Å². The molecule has 3 rings (SSSR count). The lowest BCUT2D eigenvalue weighted by Gasteiger charge is -2.33.